The van der Waals surface area contributed by atoms with Gasteiger partial charge in [0.15, 0.2) is 5.84 Å². The lowest BCUT2D eigenvalue weighted by Crippen LogP contribution is -2.41. The average Bonchev–Trinajstić information content (AvgIpc) is 2.54. The summed E-state index contributed by atoms with van der Waals surface area (Å²) >= 11 is 0. The van der Waals surface area contributed by atoms with Crippen LogP contribution in [0.2, 0.25) is 0 Å². The summed E-state index contributed by atoms with van der Waals surface area (Å²) in [6, 6.07) is 3.93. The van der Waals surface area contributed by atoms with E-state index in [1.807, 2.05) is 12.1 Å². The van der Waals surface area contributed by atoms with Crippen molar-refractivity contribution in [3.05, 3.63) is 29.6 Å². The second-order valence-electron chi connectivity index (χ2n) is 6.36. The summed E-state index contributed by atoms with van der Waals surface area (Å²) in [4.78, 5) is 6.67. The van der Waals surface area contributed by atoms with Crippen LogP contribution in [0.3, 0.4) is 0 Å². The molecular formula is C16H24N4O. The van der Waals surface area contributed by atoms with Crippen molar-refractivity contribution in [1.29, 1.82) is 0 Å². The Morgan fingerprint density at radius 3 is 2.95 bits per heavy atom. The Morgan fingerprint density at radius 1 is 1.33 bits per heavy atom. The summed E-state index contributed by atoms with van der Waals surface area (Å²) in [6.07, 6.45) is 8.72. The van der Waals surface area contributed by atoms with E-state index in [4.69, 9.17) is 10.9 Å². The summed E-state index contributed by atoms with van der Waals surface area (Å²) in [5.74, 6) is 1.92. The molecule has 0 amide bonds. The van der Waals surface area contributed by atoms with Crippen molar-refractivity contribution in [3.63, 3.8) is 0 Å². The molecule has 1 aromatic rings. The lowest BCUT2D eigenvalue weighted by molar-refractivity contribution is 0.0820. The highest BCUT2D eigenvalue weighted by molar-refractivity contribution is 5.95. The Morgan fingerprint density at radius 2 is 2.14 bits per heavy atom. The molecule has 114 valence electrons. The van der Waals surface area contributed by atoms with Gasteiger partial charge >= 0.3 is 0 Å². The molecule has 2 aliphatic rings. The number of likely N-dealkylation sites (tertiary alicyclic amines) is 1. The predicted octanol–water partition coefficient (Wildman–Crippen LogP) is 2.19. The Kier molecular flexibility index (Phi) is 4.39. The number of amidine groups is 1. The van der Waals surface area contributed by atoms with Crippen molar-refractivity contribution in [3.8, 4) is 0 Å². The molecule has 1 saturated carbocycles. The molecule has 1 aliphatic heterocycles. The number of hydrogen-bond acceptors (Lipinski definition) is 4. The number of fused-ring (bicyclic) bond motifs is 1. The third kappa shape index (κ3) is 3.35. The van der Waals surface area contributed by atoms with E-state index in [0.717, 1.165) is 18.4 Å². The Balaban J connectivity index is 1.64. The standard InChI is InChI=1S/C16H24N4O/c17-16(19-21)15-9-12(5-7-18-15)10-20-8-6-13-3-1-2-4-14(13)11-20/h5,7,9,13-14,21H,1-4,6,8,10-11H2,(H2,17,19). The number of oxime groups is 1. The molecule has 2 heterocycles. The van der Waals surface area contributed by atoms with Crippen LogP contribution in [0.4, 0.5) is 0 Å². The number of nitrogens with zero attached hydrogens (tertiary/aromatic N) is 3. The van der Waals surface area contributed by atoms with Crippen molar-refractivity contribution in [2.45, 2.75) is 38.6 Å². The van der Waals surface area contributed by atoms with Gasteiger partial charge in [-0.3, -0.25) is 9.88 Å². The fourth-order valence-corrected chi connectivity index (χ4v) is 3.84. The van der Waals surface area contributed by atoms with Gasteiger partial charge in [-0.2, -0.15) is 0 Å². The smallest absolute Gasteiger partial charge is 0.188 e. The molecule has 5 nitrogen and oxygen atoms in total. The highest BCUT2D eigenvalue weighted by Gasteiger charge is 2.30. The maximum absolute atomic E-state index is 8.74. The zero-order chi connectivity index (χ0) is 14.7. The summed E-state index contributed by atoms with van der Waals surface area (Å²) in [7, 11) is 0. The molecular weight excluding hydrogens is 264 g/mol. The Hall–Kier alpha value is -1.62. The summed E-state index contributed by atoms with van der Waals surface area (Å²) in [5.41, 5.74) is 7.33. The Bertz CT molecular complexity index is 517. The maximum Gasteiger partial charge on any atom is 0.188 e. The molecule has 2 fully saturated rings. The third-order valence-electron chi connectivity index (χ3n) is 4.98. The van der Waals surface area contributed by atoms with Crippen LogP contribution in [-0.2, 0) is 6.54 Å². The zero-order valence-corrected chi connectivity index (χ0v) is 12.4. The minimum atomic E-state index is 0.0721. The van der Waals surface area contributed by atoms with Crippen molar-refractivity contribution in [2.24, 2.45) is 22.7 Å². The predicted molar refractivity (Wildman–Crippen MR) is 82.1 cm³/mol. The van der Waals surface area contributed by atoms with E-state index in [1.54, 1.807) is 6.20 Å². The number of aromatic nitrogens is 1. The van der Waals surface area contributed by atoms with Gasteiger partial charge in [-0.1, -0.05) is 24.4 Å². The lowest BCUT2D eigenvalue weighted by atomic mass is 9.75. The van der Waals surface area contributed by atoms with Gasteiger partial charge in [0.05, 0.1) is 0 Å². The van der Waals surface area contributed by atoms with Gasteiger partial charge in [-0.05, 0) is 48.9 Å². The largest absolute Gasteiger partial charge is 0.409 e. The molecule has 0 bridgehead atoms. The SMILES string of the molecule is NC(=NO)c1cc(CN2CCC3CCCCC3C2)ccn1. The molecule has 1 aromatic heterocycles. The second kappa shape index (κ2) is 6.43. The Labute approximate surface area is 125 Å². The maximum atomic E-state index is 8.74. The van der Waals surface area contributed by atoms with Crippen LogP contribution in [0.25, 0.3) is 0 Å². The van der Waals surface area contributed by atoms with Crippen LogP contribution in [0.15, 0.2) is 23.5 Å². The second-order valence-corrected chi connectivity index (χ2v) is 6.36. The summed E-state index contributed by atoms with van der Waals surface area (Å²) in [5, 5.41) is 11.8. The van der Waals surface area contributed by atoms with Crippen molar-refractivity contribution in [2.75, 3.05) is 13.1 Å². The molecule has 2 unspecified atom stereocenters. The van der Waals surface area contributed by atoms with Gasteiger partial charge in [0.1, 0.15) is 5.69 Å². The highest BCUT2D eigenvalue weighted by atomic mass is 16.4. The van der Waals surface area contributed by atoms with E-state index < -0.39 is 0 Å². The van der Waals surface area contributed by atoms with Crippen molar-refractivity contribution >= 4 is 5.84 Å². The molecule has 0 aromatic carbocycles. The van der Waals surface area contributed by atoms with E-state index >= 15 is 0 Å². The van der Waals surface area contributed by atoms with Crippen LogP contribution in [0.1, 0.15) is 43.4 Å². The first-order valence-corrected chi connectivity index (χ1v) is 7.91. The van der Waals surface area contributed by atoms with Crippen LogP contribution >= 0.6 is 0 Å². The fraction of sp³-hybridized carbons (Fsp3) is 0.625. The van der Waals surface area contributed by atoms with E-state index in [9.17, 15) is 0 Å². The van der Waals surface area contributed by atoms with Gasteiger partial charge in [-0.15, -0.1) is 0 Å². The fourth-order valence-electron chi connectivity index (χ4n) is 3.84. The van der Waals surface area contributed by atoms with Crippen LogP contribution < -0.4 is 5.73 Å². The van der Waals surface area contributed by atoms with Crippen molar-refractivity contribution < 1.29 is 5.21 Å². The zero-order valence-electron chi connectivity index (χ0n) is 12.4. The van der Waals surface area contributed by atoms with E-state index in [0.29, 0.717) is 5.69 Å². The quantitative estimate of drug-likeness (QED) is 0.387. The van der Waals surface area contributed by atoms with E-state index in [-0.39, 0.29) is 5.84 Å². The van der Waals surface area contributed by atoms with Gasteiger partial charge in [0.25, 0.3) is 0 Å². The number of nitrogens with two attached hydrogens (primary N) is 1. The molecule has 21 heavy (non-hydrogen) atoms. The molecule has 2 atom stereocenters. The topological polar surface area (TPSA) is 74.7 Å². The number of piperidine rings is 1. The summed E-state index contributed by atoms with van der Waals surface area (Å²) in [6.45, 7) is 3.33. The first-order valence-electron chi connectivity index (χ1n) is 7.91. The van der Waals surface area contributed by atoms with Gasteiger partial charge in [0, 0.05) is 19.3 Å². The average molecular weight is 288 g/mol. The molecule has 3 rings (SSSR count). The van der Waals surface area contributed by atoms with E-state index in [2.05, 4.69) is 15.0 Å². The summed E-state index contributed by atoms with van der Waals surface area (Å²) < 4.78 is 0. The minimum absolute atomic E-state index is 0.0721. The third-order valence-corrected chi connectivity index (χ3v) is 4.98. The van der Waals surface area contributed by atoms with Crippen LogP contribution in [-0.4, -0.2) is 34.0 Å². The van der Waals surface area contributed by atoms with Gasteiger partial charge < -0.3 is 10.9 Å². The minimum Gasteiger partial charge on any atom is -0.409 e. The van der Waals surface area contributed by atoms with Gasteiger partial charge in [-0.25, -0.2) is 0 Å². The molecule has 0 spiro atoms. The molecule has 5 heteroatoms. The molecule has 3 N–H and O–H groups in total. The number of rotatable bonds is 3. The van der Waals surface area contributed by atoms with Gasteiger partial charge in [0.2, 0.25) is 0 Å². The number of pyridine rings is 1. The molecule has 1 saturated heterocycles. The molecule has 0 radical (unpaired) electrons. The molecule has 1 aliphatic carbocycles. The monoisotopic (exact) mass is 288 g/mol. The van der Waals surface area contributed by atoms with Crippen LogP contribution in [0.5, 0.6) is 0 Å². The van der Waals surface area contributed by atoms with Crippen molar-refractivity contribution in [1.82, 2.24) is 9.88 Å². The first-order chi connectivity index (χ1) is 10.3. The van der Waals surface area contributed by atoms with E-state index in [1.165, 1.54) is 50.8 Å². The van der Waals surface area contributed by atoms with Crippen LogP contribution in [0, 0.1) is 11.8 Å². The lowest BCUT2D eigenvalue weighted by Gasteiger charge is -2.41. The number of hydrogen-bond donors (Lipinski definition) is 2. The highest BCUT2D eigenvalue weighted by Crippen LogP contribution is 2.36. The first kappa shape index (κ1) is 14.3. The normalized spacial score (nSPS) is 27.3.